The summed E-state index contributed by atoms with van der Waals surface area (Å²) < 4.78 is 5.75. The van der Waals surface area contributed by atoms with Crippen LogP contribution in [-0.4, -0.2) is 5.97 Å². The number of aliphatic carboxylic acids is 1. The van der Waals surface area contributed by atoms with Gasteiger partial charge in [0.05, 0.1) is 10.8 Å². The molecule has 100 valence electrons. The molecule has 3 aromatic rings. The molecule has 0 saturated carbocycles. The molecule has 0 fully saturated rings. The molecule has 2 aromatic carbocycles. The smallest absolute Gasteiger partial charge is 0.550 e. The van der Waals surface area contributed by atoms with Gasteiger partial charge in [-0.2, -0.15) is 0 Å². The van der Waals surface area contributed by atoms with Gasteiger partial charge in [0.1, 0.15) is 11.2 Å². The van der Waals surface area contributed by atoms with Crippen LogP contribution in [0.2, 0.25) is 0 Å². The van der Waals surface area contributed by atoms with Gasteiger partial charge in [-0.3, -0.25) is 4.79 Å². The van der Waals surface area contributed by atoms with Crippen LogP contribution >= 0.6 is 0 Å². The Morgan fingerprint density at radius 2 is 1.90 bits per heavy atom. The minimum Gasteiger partial charge on any atom is -0.550 e. The largest absolute Gasteiger partial charge is 1.00 e. The minimum atomic E-state index is -1.20. The van der Waals surface area contributed by atoms with Crippen LogP contribution < -0.4 is 40.1 Å². The number of hydrogen-bond donors (Lipinski definition) is 0. The Hall–Kier alpha value is -1.62. The van der Waals surface area contributed by atoms with Crippen molar-refractivity contribution in [2.45, 2.75) is 13.3 Å². The van der Waals surface area contributed by atoms with Gasteiger partial charge < -0.3 is 14.3 Å². The molecule has 0 amide bonds. The molecule has 0 unspecified atom stereocenters. The second-order valence-electron chi connectivity index (χ2n) is 4.72. The number of carboxylic acids is 1. The molecule has 1 heterocycles. The second-order valence-corrected chi connectivity index (χ2v) is 4.72. The molecule has 21 heavy (non-hydrogen) atoms. The Balaban J connectivity index is 0.00000161. The molecule has 1 aromatic heterocycles. The van der Waals surface area contributed by atoms with Crippen molar-refractivity contribution < 1.29 is 43.9 Å². The molecule has 4 nitrogen and oxygen atoms in total. The fraction of sp³-hybridized carbons (Fsp3) is 0.125. The van der Waals surface area contributed by atoms with Crippen molar-refractivity contribution in [1.29, 1.82) is 0 Å². The number of para-hydroxylation sites is 1. The molecule has 0 bridgehead atoms. The number of carbonyl (C=O) groups is 1. The third kappa shape index (κ3) is 2.75. The van der Waals surface area contributed by atoms with E-state index in [4.69, 9.17) is 4.42 Å². The summed E-state index contributed by atoms with van der Waals surface area (Å²) in [4.78, 5) is 23.3. The summed E-state index contributed by atoms with van der Waals surface area (Å²) in [5.41, 5.74) is 1.93. The van der Waals surface area contributed by atoms with Crippen molar-refractivity contribution in [3.63, 3.8) is 0 Å². The zero-order valence-electron chi connectivity index (χ0n) is 11.8. The van der Waals surface area contributed by atoms with Gasteiger partial charge in [-0.15, -0.1) is 0 Å². The van der Waals surface area contributed by atoms with Gasteiger partial charge in [0.25, 0.3) is 0 Å². The average Bonchev–Trinajstić information content (AvgIpc) is 2.39. The topological polar surface area (TPSA) is 70.3 Å². The zero-order chi connectivity index (χ0) is 14.3. The number of rotatable bonds is 2. The molecule has 0 aliphatic rings. The maximum Gasteiger partial charge on any atom is 1.00 e. The van der Waals surface area contributed by atoms with Gasteiger partial charge in [-0.25, -0.2) is 0 Å². The van der Waals surface area contributed by atoms with E-state index in [-0.39, 0.29) is 41.4 Å². The van der Waals surface area contributed by atoms with E-state index in [0.717, 1.165) is 5.56 Å². The fourth-order valence-electron chi connectivity index (χ4n) is 2.44. The predicted molar refractivity (Wildman–Crippen MR) is 73.4 cm³/mol. The Bertz CT molecular complexity index is 896. The van der Waals surface area contributed by atoms with Crippen LogP contribution in [-0.2, 0) is 11.2 Å². The van der Waals surface area contributed by atoms with E-state index in [9.17, 15) is 14.7 Å². The molecule has 0 N–H and O–H groups in total. The maximum atomic E-state index is 12.5. The van der Waals surface area contributed by atoms with E-state index in [2.05, 4.69) is 0 Å². The van der Waals surface area contributed by atoms with Crippen molar-refractivity contribution in [2.75, 3.05) is 0 Å². The zero-order valence-corrected chi connectivity index (χ0v) is 13.8. The first-order valence-corrected chi connectivity index (χ1v) is 6.22. The van der Waals surface area contributed by atoms with Crippen molar-refractivity contribution in [3.8, 4) is 0 Å². The summed E-state index contributed by atoms with van der Waals surface area (Å²) in [6.07, 6.45) is -0.280. The van der Waals surface area contributed by atoms with Crippen LogP contribution in [0.25, 0.3) is 21.9 Å². The molecular formula is C16H11NaO4. The van der Waals surface area contributed by atoms with Crippen LogP contribution in [0, 0.1) is 6.92 Å². The second kappa shape index (κ2) is 6.02. The normalized spacial score (nSPS) is 10.5. The number of carbonyl (C=O) groups excluding carboxylic acids is 1. The van der Waals surface area contributed by atoms with E-state index in [1.54, 1.807) is 30.3 Å². The summed E-state index contributed by atoms with van der Waals surface area (Å²) in [5.74, 6) is -1.20. The molecule has 0 aliphatic carbocycles. The van der Waals surface area contributed by atoms with Gasteiger partial charge in [0.2, 0.25) is 5.43 Å². The predicted octanol–water partition coefficient (Wildman–Crippen LogP) is -1.45. The first kappa shape index (κ1) is 15.8. The standard InChI is InChI=1S/C16H12O4.Na/c1-9-4-2-7-12-14(9)15(19)11-6-3-5-10(8-13(17)18)16(11)20-12;/h2-7H,8H2,1H3,(H,17,18);/q;+1/p-1. The first-order chi connectivity index (χ1) is 9.58. The van der Waals surface area contributed by atoms with E-state index < -0.39 is 5.97 Å². The number of carboxylic acid groups (broad SMARTS) is 1. The first-order valence-electron chi connectivity index (χ1n) is 6.22. The number of aryl methyl sites for hydroxylation is 1. The number of fused-ring (bicyclic) bond motifs is 2. The molecule has 3 rings (SSSR count). The summed E-state index contributed by atoms with van der Waals surface area (Å²) >= 11 is 0. The monoisotopic (exact) mass is 290 g/mol. The van der Waals surface area contributed by atoms with Crippen LogP contribution in [0.5, 0.6) is 0 Å². The summed E-state index contributed by atoms with van der Waals surface area (Å²) in [6.45, 7) is 1.84. The van der Waals surface area contributed by atoms with Gasteiger partial charge in [-0.1, -0.05) is 24.3 Å². The molecule has 0 radical (unpaired) electrons. The molecular weight excluding hydrogens is 279 g/mol. The van der Waals surface area contributed by atoms with Gasteiger partial charge in [0.15, 0.2) is 0 Å². The summed E-state index contributed by atoms with van der Waals surface area (Å²) in [5, 5.41) is 11.7. The van der Waals surface area contributed by atoms with E-state index in [1.807, 2.05) is 13.0 Å². The third-order valence-electron chi connectivity index (χ3n) is 3.35. The average molecular weight is 290 g/mol. The van der Waals surface area contributed by atoms with E-state index in [1.165, 1.54) is 0 Å². The van der Waals surface area contributed by atoms with Crippen LogP contribution in [0.1, 0.15) is 11.1 Å². The molecule has 0 spiro atoms. The van der Waals surface area contributed by atoms with E-state index >= 15 is 0 Å². The summed E-state index contributed by atoms with van der Waals surface area (Å²) in [7, 11) is 0. The van der Waals surface area contributed by atoms with E-state index in [0.29, 0.717) is 27.5 Å². The van der Waals surface area contributed by atoms with Crippen LogP contribution in [0.3, 0.4) is 0 Å². The van der Waals surface area contributed by atoms with Crippen LogP contribution in [0.15, 0.2) is 45.6 Å². The van der Waals surface area contributed by atoms with Gasteiger partial charge in [0, 0.05) is 18.0 Å². The molecule has 0 aliphatic heterocycles. The molecule has 0 saturated heterocycles. The Kier molecular flexibility index (Phi) is 4.52. The van der Waals surface area contributed by atoms with Crippen molar-refractivity contribution >= 4 is 27.9 Å². The minimum absolute atomic E-state index is 0. The third-order valence-corrected chi connectivity index (χ3v) is 3.35. The van der Waals surface area contributed by atoms with Crippen LogP contribution in [0.4, 0.5) is 0 Å². The number of hydrogen-bond acceptors (Lipinski definition) is 4. The quantitative estimate of drug-likeness (QED) is 0.428. The molecule has 0 atom stereocenters. The van der Waals surface area contributed by atoms with Gasteiger partial charge in [-0.05, 0) is 24.6 Å². The molecule has 5 heteroatoms. The van der Waals surface area contributed by atoms with Crippen molar-refractivity contribution in [1.82, 2.24) is 0 Å². The Morgan fingerprint density at radius 3 is 2.62 bits per heavy atom. The Labute approximate surface area is 142 Å². The van der Waals surface area contributed by atoms with Crippen molar-refractivity contribution in [2.24, 2.45) is 0 Å². The SMILES string of the molecule is Cc1cccc2oc3c(CC(=O)[O-])cccc3c(=O)c12.[Na+]. The van der Waals surface area contributed by atoms with Gasteiger partial charge >= 0.3 is 29.6 Å². The fourth-order valence-corrected chi connectivity index (χ4v) is 2.44. The Morgan fingerprint density at radius 1 is 1.19 bits per heavy atom. The maximum absolute atomic E-state index is 12.5. The number of benzene rings is 2. The summed E-state index contributed by atoms with van der Waals surface area (Å²) in [6, 6.07) is 10.3. The van der Waals surface area contributed by atoms with Crippen molar-refractivity contribution in [3.05, 3.63) is 57.7 Å².